The largest absolute Gasteiger partial charge is 0.444 e. The van der Waals surface area contributed by atoms with Crippen molar-refractivity contribution in [3.63, 3.8) is 0 Å². The van der Waals surface area contributed by atoms with Crippen molar-refractivity contribution in [2.45, 2.75) is 84.5 Å². The maximum Gasteiger partial charge on any atom is 0.410 e. The third-order valence-electron chi connectivity index (χ3n) is 4.59. The van der Waals surface area contributed by atoms with E-state index in [1.165, 1.54) is 0 Å². The molecule has 2 amide bonds. The molecule has 1 N–H and O–H groups in total. The van der Waals surface area contributed by atoms with Gasteiger partial charge in [0.15, 0.2) is 0 Å². The number of benzene rings is 1. The van der Waals surface area contributed by atoms with Crippen molar-refractivity contribution in [1.29, 1.82) is 0 Å². The number of nitrogens with zero attached hydrogens (tertiary/aromatic N) is 1. The van der Waals surface area contributed by atoms with Crippen LogP contribution in [0.25, 0.3) is 0 Å². The lowest BCUT2D eigenvalue weighted by atomic mass is 9.78. The molecular weight excluding hydrogens is 368 g/mol. The number of ether oxygens (including phenoxy) is 2. The van der Waals surface area contributed by atoms with E-state index in [1.807, 2.05) is 53.7 Å². The number of likely N-dealkylation sites (tertiary alicyclic amines) is 1. The summed E-state index contributed by atoms with van der Waals surface area (Å²) in [5.41, 5.74) is 0.206. The molecule has 6 heteroatoms. The van der Waals surface area contributed by atoms with E-state index in [2.05, 4.69) is 38.2 Å². The topological polar surface area (TPSA) is 67.9 Å². The van der Waals surface area contributed by atoms with Crippen LogP contribution in [-0.4, -0.2) is 41.4 Å². The molecule has 6 nitrogen and oxygen atoms in total. The van der Waals surface area contributed by atoms with Crippen molar-refractivity contribution >= 4 is 12.2 Å². The Bertz CT molecular complexity index is 760. The molecule has 0 atom stereocenters. The Morgan fingerprint density at radius 3 is 1.97 bits per heavy atom. The fourth-order valence-electron chi connectivity index (χ4n) is 3.18. The van der Waals surface area contributed by atoms with E-state index in [1.54, 1.807) is 4.90 Å². The molecule has 0 aliphatic carbocycles. The lowest BCUT2D eigenvalue weighted by Crippen LogP contribution is -2.69. The molecule has 0 spiro atoms. The fourth-order valence-corrected chi connectivity index (χ4v) is 3.18. The van der Waals surface area contributed by atoms with E-state index < -0.39 is 22.8 Å². The average molecular weight is 405 g/mol. The summed E-state index contributed by atoms with van der Waals surface area (Å²) in [6.45, 7) is 18.1. The first-order valence-corrected chi connectivity index (χ1v) is 10.1. The number of alkyl carbamates (subject to hydrolysis) is 1. The van der Waals surface area contributed by atoms with Crippen molar-refractivity contribution in [2.24, 2.45) is 0 Å². The molecule has 0 bridgehead atoms. The van der Waals surface area contributed by atoms with Gasteiger partial charge in [-0.1, -0.05) is 45.0 Å². The molecule has 1 saturated heterocycles. The van der Waals surface area contributed by atoms with Gasteiger partial charge in [0.05, 0.1) is 13.1 Å². The summed E-state index contributed by atoms with van der Waals surface area (Å²) in [5, 5.41) is 3.02. The first-order chi connectivity index (χ1) is 13.0. The minimum atomic E-state index is -0.708. The molecule has 1 aliphatic heterocycles. The number of carbonyl (C=O) groups excluding carboxylic acids is 2. The van der Waals surface area contributed by atoms with Gasteiger partial charge in [0, 0.05) is 0 Å². The Balaban J connectivity index is 2.29. The molecule has 1 aromatic carbocycles. The summed E-state index contributed by atoms with van der Waals surface area (Å²) in [7, 11) is 0. The molecule has 1 fully saturated rings. The zero-order valence-electron chi connectivity index (χ0n) is 19.3. The Labute approximate surface area is 174 Å². The monoisotopic (exact) mass is 404 g/mol. The van der Waals surface area contributed by atoms with E-state index >= 15 is 0 Å². The predicted molar refractivity (Wildman–Crippen MR) is 114 cm³/mol. The van der Waals surface area contributed by atoms with Gasteiger partial charge in [-0.3, -0.25) is 0 Å². The standard InChI is InChI=1S/C23H36N2O4/c1-20(2,3)16-11-10-12-17(13-16)23(24-18(26)28-21(4,5)6)14-25(15-23)19(27)29-22(7,8)9/h10-13H,14-15H2,1-9H3,(H,24,26). The van der Waals surface area contributed by atoms with Crippen LogP contribution in [0.1, 0.15) is 73.4 Å². The van der Waals surface area contributed by atoms with Crippen molar-refractivity contribution in [2.75, 3.05) is 13.1 Å². The van der Waals surface area contributed by atoms with Crippen molar-refractivity contribution in [3.05, 3.63) is 35.4 Å². The molecule has 162 valence electrons. The summed E-state index contributed by atoms with van der Waals surface area (Å²) in [6, 6.07) is 8.16. The highest BCUT2D eigenvalue weighted by molar-refractivity contribution is 5.73. The fraction of sp³-hybridized carbons (Fsp3) is 0.652. The highest BCUT2D eigenvalue weighted by Crippen LogP contribution is 2.35. The van der Waals surface area contributed by atoms with Gasteiger partial charge in [-0.2, -0.15) is 0 Å². The number of nitrogens with one attached hydrogen (secondary N) is 1. The molecule has 0 aromatic heterocycles. The van der Waals surface area contributed by atoms with E-state index in [4.69, 9.17) is 9.47 Å². The summed E-state index contributed by atoms with van der Waals surface area (Å²) >= 11 is 0. The molecule has 2 rings (SSSR count). The minimum Gasteiger partial charge on any atom is -0.444 e. The SMILES string of the molecule is CC(C)(C)OC(=O)NC1(c2cccc(C(C)(C)C)c2)CN(C(=O)OC(C)(C)C)C1. The van der Waals surface area contributed by atoms with Crippen molar-refractivity contribution < 1.29 is 19.1 Å². The van der Waals surface area contributed by atoms with Crippen LogP contribution >= 0.6 is 0 Å². The third-order valence-corrected chi connectivity index (χ3v) is 4.59. The second kappa shape index (κ2) is 7.54. The predicted octanol–water partition coefficient (Wildman–Crippen LogP) is 4.95. The molecule has 0 saturated carbocycles. The van der Waals surface area contributed by atoms with Gasteiger partial charge in [-0.15, -0.1) is 0 Å². The lowest BCUT2D eigenvalue weighted by Gasteiger charge is -2.50. The van der Waals surface area contributed by atoms with Crippen LogP contribution < -0.4 is 5.32 Å². The molecule has 0 unspecified atom stereocenters. The van der Waals surface area contributed by atoms with Crippen LogP contribution in [0, 0.1) is 0 Å². The van der Waals surface area contributed by atoms with E-state index in [0.29, 0.717) is 13.1 Å². The van der Waals surface area contributed by atoms with Crippen LogP contribution in [0.15, 0.2) is 24.3 Å². The maximum atomic E-state index is 12.6. The lowest BCUT2D eigenvalue weighted by molar-refractivity contribution is -0.0230. The second-order valence-electron chi connectivity index (χ2n) is 10.9. The highest BCUT2D eigenvalue weighted by Gasteiger charge is 2.49. The van der Waals surface area contributed by atoms with Gasteiger partial charge in [-0.05, 0) is 58.1 Å². The first-order valence-electron chi connectivity index (χ1n) is 10.1. The van der Waals surface area contributed by atoms with Gasteiger partial charge in [0.2, 0.25) is 0 Å². The maximum absolute atomic E-state index is 12.6. The Morgan fingerprint density at radius 1 is 0.931 bits per heavy atom. The molecule has 29 heavy (non-hydrogen) atoms. The van der Waals surface area contributed by atoms with E-state index in [9.17, 15) is 9.59 Å². The first kappa shape index (κ1) is 23.0. The molecular formula is C23H36N2O4. The van der Waals surface area contributed by atoms with E-state index in [-0.39, 0.29) is 11.5 Å². The normalized spacial score (nSPS) is 16.7. The van der Waals surface area contributed by atoms with E-state index in [0.717, 1.165) is 11.1 Å². The quantitative estimate of drug-likeness (QED) is 0.757. The zero-order valence-corrected chi connectivity index (χ0v) is 19.3. The molecule has 1 heterocycles. The van der Waals surface area contributed by atoms with Gasteiger partial charge < -0.3 is 19.7 Å². The van der Waals surface area contributed by atoms with Gasteiger partial charge in [0.1, 0.15) is 16.7 Å². The Morgan fingerprint density at radius 2 is 1.48 bits per heavy atom. The zero-order chi connectivity index (χ0) is 22.3. The number of rotatable bonds is 2. The number of hydrogen-bond donors (Lipinski definition) is 1. The highest BCUT2D eigenvalue weighted by atomic mass is 16.6. The van der Waals surface area contributed by atoms with Crippen LogP contribution in [-0.2, 0) is 20.4 Å². The summed E-state index contributed by atoms with van der Waals surface area (Å²) in [6.07, 6.45) is -0.881. The average Bonchev–Trinajstić information content (AvgIpc) is 2.46. The second-order valence-corrected chi connectivity index (χ2v) is 10.9. The number of hydrogen-bond acceptors (Lipinski definition) is 4. The van der Waals surface area contributed by atoms with Crippen LogP contribution in [0.5, 0.6) is 0 Å². The number of carbonyl (C=O) groups is 2. The van der Waals surface area contributed by atoms with Gasteiger partial charge in [0.25, 0.3) is 0 Å². The molecule has 1 aromatic rings. The van der Waals surface area contributed by atoms with Crippen LogP contribution in [0.3, 0.4) is 0 Å². The Kier molecular flexibility index (Phi) is 5.99. The Hall–Kier alpha value is -2.24. The van der Waals surface area contributed by atoms with Crippen LogP contribution in [0.4, 0.5) is 9.59 Å². The molecule has 0 radical (unpaired) electrons. The van der Waals surface area contributed by atoms with Crippen LogP contribution in [0.2, 0.25) is 0 Å². The third kappa shape index (κ3) is 6.12. The van der Waals surface area contributed by atoms with Gasteiger partial charge >= 0.3 is 12.2 Å². The summed E-state index contributed by atoms with van der Waals surface area (Å²) in [4.78, 5) is 26.6. The van der Waals surface area contributed by atoms with Gasteiger partial charge in [-0.25, -0.2) is 9.59 Å². The smallest absolute Gasteiger partial charge is 0.410 e. The van der Waals surface area contributed by atoms with Crippen molar-refractivity contribution in [3.8, 4) is 0 Å². The van der Waals surface area contributed by atoms with Crippen molar-refractivity contribution in [1.82, 2.24) is 10.2 Å². The number of amides is 2. The minimum absolute atomic E-state index is 0.0300. The summed E-state index contributed by atoms with van der Waals surface area (Å²) in [5.74, 6) is 0. The summed E-state index contributed by atoms with van der Waals surface area (Å²) < 4.78 is 11.0. The molecule has 1 aliphatic rings.